The molecular weight excluding hydrogens is 216 g/mol. The highest BCUT2D eigenvalue weighted by molar-refractivity contribution is 5.69. The highest BCUT2D eigenvalue weighted by Crippen LogP contribution is 2.07. The summed E-state index contributed by atoms with van der Waals surface area (Å²) in [4.78, 5) is 12.6. The molecule has 0 saturated carbocycles. The molecule has 0 radical (unpaired) electrons. The summed E-state index contributed by atoms with van der Waals surface area (Å²) in [6.45, 7) is 3.43. The van der Waals surface area contributed by atoms with Gasteiger partial charge in [-0.05, 0) is 30.7 Å². The van der Waals surface area contributed by atoms with Crippen LogP contribution in [0.15, 0.2) is 24.3 Å². The molecule has 90 valence electrons. The van der Waals surface area contributed by atoms with Gasteiger partial charge in [0.05, 0.1) is 18.2 Å². The van der Waals surface area contributed by atoms with Gasteiger partial charge in [0.15, 0.2) is 0 Å². The smallest absolute Gasteiger partial charge is 0.317 e. The SMILES string of the molecule is CCCN(CC(=O)O)Cc1ccc(C#N)cc1. The predicted molar refractivity (Wildman–Crippen MR) is 64.4 cm³/mol. The molecule has 0 bridgehead atoms. The van der Waals surface area contributed by atoms with E-state index in [-0.39, 0.29) is 6.54 Å². The first-order valence-corrected chi connectivity index (χ1v) is 5.59. The lowest BCUT2D eigenvalue weighted by Gasteiger charge is -2.19. The molecule has 1 aromatic rings. The van der Waals surface area contributed by atoms with Crippen LogP contribution in [0.3, 0.4) is 0 Å². The van der Waals surface area contributed by atoms with Gasteiger partial charge in [0, 0.05) is 6.54 Å². The number of carboxylic acids is 1. The van der Waals surface area contributed by atoms with Crippen LogP contribution in [-0.2, 0) is 11.3 Å². The molecule has 1 rings (SSSR count). The molecule has 0 fully saturated rings. The van der Waals surface area contributed by atoms with E-state index in [1.165, 1.54) is 0 Å². The molecule has 0 atom stereocenters. The number of hydrogen-bond acceptors (Lipinski definition) is 3. The average Bonchev–Trinajstić information content (AvgIpc) is 2.29. The maximum absolute atomic E-state index is 10.7. The van der Waals surface area contributed by atoms with Gasteiger partial charge < -0.3 is 5.11 Å². The van der Waals surface area contributed by atoms with E-state index in [1.54, 1.807) is 12.1 Å². The summed E-state index contributed by atoms with van der Waals surface area (Å²) in [5, 5.41) is 17.5. The summed E-state index contributed by atoms with van der Waals surface area (Å²) in [5.74, 6) is -0.813. The van der Waals surface area contributed by atoms with E-state index in [0.29, 0.717) is 12.1 Å². The Morgan fingerprint density at radius 3 is 2.53 bits per heavy atom. The molecule has 0 saturated heterocycles. The number of rotatable bonds is 6. The third-order valence-electron chi connectivity index (χ3n) is 2.39. The Kier molecular flexibility index (Phi) is 5.18. The van der Waals surface area contributed by atoms with Crippen molar-refractivity contribution < 1.29 is 9.90 Å². The monoisotopic (exact) mass is 232 g/mol. The molecule has 0 unspecified atom stereocenters. The summed E-state index contributed by atoms with van der Waals surface area (Å²) in [7, 11) is 0. The minimum absolute atomic E-state index is 0.0494. The highest BCUT2D eigenvalue weighted by atomic mass is 16.4. The van der Waals surface area contributed by atoms with Crippen molar-refractivity contribution in [2.24, 2.45) is 0 Å². The second-order valence-corrected chi connectivity index (χ2v) is 3.91. The Hall–Kier alpha value is -1.86. The lowest BCUT2D eigenvalue weighted by atomic mass is 10.1. The zero-order valence-electron chi connectivity index (χ0n) is 9.89. The van der Waals surface area contributed by atoms with Gasteiger partial charge >= 0.3 is 5.97 Å². The van der Waals surface area contributed by atoms with Crippen molar-refractivity contribution in [2.45, 2.75) is 19.9 Å². The van der Waals surface area contributed by atoms with Crippen molar-refractivity contribution in [1.29, 1.82) is 5.26 Å². The van der Waals surface area contributed by atoms with Crippen molar-refractivity contribution in [3.8, 4) is 6.07 Å². The number of nitriles is 1. The predicted octanol–water partition coefficient (Wildman–Crippen LogP) is 1.85. The van der Waals surface area contributed by atoms with Gasteiger partial charge in [0.1, 0.15) is 0 Å². The highest BCUT2D eigenvalue weighted by Gasteiger charge is 2.09. The lowest BCUT2D eigenvalue weighted by molar-refractivity contribution is -0.138. The van der Waals surface area contributed by atoms with E-state index in [1.807, 2.05) is 24.0 Å². The van der Waals surface area contributed by atoms with Crippen LogP contribution in [0.25, 0.3) is 0 Å². The minimum atomic E-state index is -0.813. The zero-order chi connectivity index (χ0) is 12.7. The molecule has 4 heteroatoms. The molecule has 0 amide bonds. The first kappa shape index (κ1) is 13.2. The Bertz CT molecular complexity index is 406. The van der Waals surface area contributed by atoms with Crippen LogP contribution >= 0.6 is 0 Å². The third kappa shape index (κ3) is 4.66. The second-order valence-electron chi connectivity index (χ2n) is 3.91. The summed E-state index contributed by atoms with van der Waals surface area (Å²) in [5.41, 5.74) is 1.65. The fourth-order valence-electron chi connectivity index (χ4n) is 1.66. The first-order valence-electron chi connectivity index (χ1n) is 5.59. The van der Waals surface area contributed by atoms with Crippen molar-refractivity contribution in [1.82, 2.24) is 4.90 Å². The molecule has 1 N–H and O–H groups in total. The average molecular weight is 232 g/mol. The Balaban J connectivity index is 2.65. The molecular formula is C13H16N2O2. The number of nitrogens with zero attached hydrogens (tertiary/aromatic N) is 2. The maximum Gasteiger partial charge on any atom is 0.317 e. The van der Waals surface area contributed by atoms with Crippen molar-refractivity contribution in [2.75, 3.05) is 13.1 Å². The Labute approximate surface area is 101 Å². The van der Waals surface area contributed by atoms with Crippen LogP contribution in [0.4, 0.5) is 0 Å². The molecule has 0 aliphatic rings. The minimum Gasteiger partial charge on any atom is -0.480 e. The Morgan fingerprint density at radius 2 is 2.06 bits per heavy atom. The van der Waals surface area contributed by atoms with Gasteiger partial charge in [-0.15, -0.1) is 0 Å². The summed E-state index contributed by atoms with van der Waals surface area (Å²) < 4.78 is 0. The number of carboxylic acid groups (broad SMARTS) is 1. The van der Waals surface area contributed by atoms with Crippen LogP contribution in [0.2, 0.25) is 0 Å². The Morgan fingerprint density at radius 1 is 1.41 bits per heavy atom. The number of hydrogen-bond donors (Lipinski definition) is 1. The third-order valence-corrected chi connectivity index (χ3v) is 2.39. The topological polar surface area (TPSA) is 64.3 Å². The van der Waals surface area contributed by atoms with Crippen LogP contribution in [0.1, 0.15) is 24.5 Å². The molecule has 17 heavy (non-hydrogen) atoms. The molecule has 0 aliphatic heterocycles. The van der Waals surface area contributed by atoms with Crippen LogP contribution in [-0.4, -0.2) is 29.1 Å². The van der Waals surface area contributed by atoms with Gasteiger partial charge in [-0.25, -0.2) is 0 Å². The molecule has 1 aromatic carbocycles. The standard InChI is InChI=1S/C13H16N2O2/c1-2-7-15(10-13(16)17)9-12-5-3-11(8-14)4-6-12/h3-6H,2,7,9-10H2,1H3,(H,16,17). The van der Waals surface area contributed by atoms with E-state index in [2.05, 4.69) is 6.07 Å². The van der Waals surface area contributed by atoms with Gasteiger partial charge in [-0.1, -0.05) is 19.1 Å². The number of benzene rings is 1. The number of aliphatic carboxylic acids is 1. The van der Waals surface area contributed by atoms with E-state index in [4.69, 9.17) is 10.4 Å². The van der Waals surface area contributed by atoms with E-state index < -0.39 is 5.97 Å². The molecule has 0 aromatic heterocycles. The van der Waals surface area contributed by atoms with E-state index >= 15 is 0 Å². The van der Waals surface area contributed by atoms with Crippen LogP contribution < -0.4 is 0 Å². The molecule has 0 heterocycles. The maximum atomic E-state index is 10.7. The quantitative estimate of drug-likeness (QED) is 0.813. The largest absolute Gasteiger partial charge is 0.480 e. The van der Waals surface area contributed by atoms with Gasteiger partial charge in [0.25, 0.3) is 0 Å². The van der Waals surface area contributed by atoms with E-state index in [9.17, 15) is 4.79 Å². The molecule has 4 nitrogen and oxygen atoms in total. The normalized spacial score (nSPS) is 10.2. The summed E-state index contributed by atoms with van der Waals surface area (Å²) >= 11 is 0. The lowest BCUT2D eigenvalue weighted by Crippen LogP contribution is -2.30. The second kappa shape index (κ2) is 6.66. The van der Waals surface area contributed by atoms with Gasteiger partial charge in [-0.3, -0.25) is 9.69 Å². The molecule has 0 spiro atoms. The summed E-state index contributed by atoms with van der Waals surface area (Å²) in [6.07, 6.45) is 0.920. The fraction of sp³-hybridized carbons (Fsp3) is 0.385. The zero-order valence-corrected chi connectivity index (χ0v) is 9.89. The van der Waals surface area contributed by atoms with Gasteiger partial charge in [-0.2, -0.15) is 5.26 Å². The van der Waals surface area contributed by atoms with Crippen molar-refractivity contribution >= 4 is 5.97 Å². The van der Waals surface area contributed by atoms with E-state index in [0.717, 1.165) is 18.5 Å². The number of carbonyl (C=O) groups is 1. The fourth-order valence-corrected chi connectivity index (χ4v) is 1.66. The molecule has 0 aliphatic carbocycles. The van der Waals surface area contributed by atoms with Crippen molar-refractivity contribution in [3.63, 3.8) is 0 Å². The van der Waals surface area contributed by atoms with Gasteiger partial charge in [0.2, 0.25) is 0 Å². The van der Waals surface area contributed by atoms with Crippen LogP contribution in [0.5, 0.6) is 0 Å². The first-order chi connectivity index (χ1) is 8.15. The van der Waals surface area contributed by atoms with Crippen molar-refractivity contribution in [3.05, 3.63) is 35.4 Å². The summed E-state index contributed by atoms with van der Waals surface area (Å²) in [6, 6.07) is 9.29. The van der Waals surface area contributed by atoms with Crippen LogP contribution in [0, 0.1) is 11.3 Å².